The molecule has 1 aliphatic rings. The second-order valence-electron chi connectivity index (χ2n) is 2.87. The van der Waals surface area contributed by atoms with Gasteiger partial charge in [-0.25, -0.2) is 0 Å². The zero-order chi connectivity index (χ0) is 9.42. The van der Waals surface area contributed by atoms with Gasteiger partial charge < -0.3 is 10.2 Å². The summed E-state index contributed by atoms with van der Waals surface area (Å²) >= 11 is 1.35. The Morgan fingerprint density at radius 2 is 2.31 bits per heavy atom. The first-order valence-corrected chi connectivity index (χ1v) is 4.69. The lowest BCUT2D eigenvalue weighted by Gasteiger charge is -2.10. The van der Waals surface area contributed by atoms with Gasteiger partial charge in [0.15, 0.2) is 0 Å². The van der Waals surface area contributed by atoms with Crippen molar-refractivity contribution in [1.82, 2.24) is 4.90 Å². The molecule has 0 bridgehead atoms. The predicted octanol–water partition coefficient (Wildman–Crippen LogP) is 0.772. The van der Waals surface area contributed by atoms with Gasteiger partial charge in [0.25, 0.3) is 5.91 Å². The van der Waals surface area contributed by atoms with E-state index in [1.165, 1.54) is 16.2 Å². The summed E-state index contributed by atoms with van der Waals surface area (Å²) in [5.74, 6) is -0.239. The molecule has 0 aliphatic carbocycles. The molecule has 2 amide bonds. The number of carbonyl (C=O) groups is 2. The third kappa shape index (κ3) is 1.31. The van der Waals surface area contributed by atoms with Crippen molar-refractivity contribution in [2.24, 2.45) is 0 Å². The standard InChI is InChI=1S/C8H8N2O2S/c1-10-4-6(11)9-5-2-3-13-7(5)8(10)12/h2-3H,4H2,1H3,(H,9,11). The van der Waals surface area contributed by atoms with Gasteiger partial charge in [0, 0.05) is 7.05 Å². The van der Waals surface area contributed by atoms with Crippen molar-refractivity contribution in [2.75, 3.05) is 18.9 Å². The molecule has 2 heterocycles. The zero-order valence-corrected chi connectivity index (χ0v) is 7.85. The third-order valence-electron chi connectivity index (χ3n) is 1.86. The summed E-state index contributed by atoms with van der Waals surface area (Å²) in [5, 5.41) is 4.47. The van der Waals surface area contributed by atoms with Crippen LogP contribution in [0.25, 0.3) is 0 Å². The number of likely N-dealkylation sites (N-methyl/N-ethyl adjacent to an activating group) is 1. The molecular weight excluding hydrogens is 188 g/mol. The molecule has 13 heavy (non-hydrogen) atoms. The second-order valence-corrected chi connectivity index (χ2v) is 3.79. The van der Waals surface area contributed by atoms with Crippen molar-refractivity contribution < 1.29 is 9.59 Å². The van der Waals surface area contributed by atoms with Crippen LogP contribution < -0.4 is 5.32 Å². The minimum Gasteiger partial charge on any atom is -0.332 e. The Labute approximate surface area is 79.2 Å². The highest BCUT2D eigenvalue weighted by atomic mass is 32.1. The van der Waals surface area contributed by atoms with Gasteiger partial charge in [-0.2, -0.15) is 0 Å². The highest BCUT2D eigenvalue weighted by Gasteiger charge is 2.24. The Morgan fingerprint density at radius 1 is 1.54 bits per heavy atom. The Bertz CT molecular complexity index is 372. The smallest absolute Gasteiger partial charge is 0.266 e. The molecule has 2 rings (SSSR count). The van der Waals surface area contributed by atoms with Crippen LogP contribution in [0.4, 0.5) is 5.69 Å². The fraction of sp³-hybridized carbons (Fsp3) is 0.250. The van der Waals surface area contributed by atoms with Crippen LogP contribution in [0.5, 0.6) is 0 Å². The minimum absolute atomic E-state index is 0.0941. The van der Waals surface area contributed by atoms with Gasteiger partial charge in [-0.1, -0.05) is 0 Å². The van der Waals surface area contributed by atoms with Gasteiger partial charge in [-0.05, 0) is 11.4 Å². The molecule has 5 heteroatoms. The molecule has 0 saturated heterocycles. The number of nitrogens with zero attached hydrogens (tertiary/aromatic N) is 1. The predicted molar refractivity (Wildman–Crippen MR) is 49.9 cm³/mol. The summed E-state index contributed by atoms with van der Waals surface area (Å²) in [6.07, 6.45) is 0. The highest BCUT2D eigenvalue weighted by Crippen LogP contribution is 2.25. The average molecular weight is 196 g/mol. The van der Waals surface area contributed by atoms with E-state index in [9.17, 15) is 9.59 Å². The second kappa shape index (κ2) is 2.85. The van der Waals surface area contributed by atoms with Crippen LogP contribution in [0.3, 0.4) is 0 Å². The third-order valence-corrected chi connectivity index (χ3v) is 2.76. The van der Waals surface area contributed by atoms with Gasteiger partial charge in [0.1, 0.15) is 4.88 Å². The van der Waals surface area contributed by atoms with Gasteiger partial charge in [0.05, 0.1) is 12.2 Å². The zero-order valence-electron chi connectivity index (χ0n) is 7.03. The maximum absolute atomic E-state index is 11.6. The molecular formula is C8H8N2O2S. The van der Waals surface area contributed by atoms with Crippen molar-refractivity contribution >= 4 is 28.8 Å². The number of hydrogen-bond donors (Lipinski definition) is 1. The number of hydrogen-bond acceptors (Lipinski definition) is 3. The fourth-order valence-corrected chi connectivity index (χ4v) is 2.07. The maximum atomic E-state index is 11.6. The molecule has 0 aromatic carbocycles. The van der Waals surface area contributed by atoms with E-state index < -0.39 is 0 Å². The first-order valence-electron chi connectivity index (χ1n) is 3.81. The minimum atomic E-state index is -0.145. The van der Waals surface area contributed by atoms with E-state index >= 15 is 0 Å². The summed E-state index contributed by atoms with van der Waals surface area (Å²) in [6, 6.07) is 1.74. The Kier molecular flexibility index (Phi) is 1.81. The quantitative estimate of drug-likeness (QED) is 0.666. The van der Waals surface area contributed by atoms with Crippen LogP contribution >= 0.6 is 11.3 Å². The van der Waals surface area contributed by atoms with Crippen molar-refractivity contribution in [2.45, 2.75) is 0 Å². The van der Waals surface area contributed by atoms with E-state index in [1.54, 1.807) is 18.5 Å². The number of fused-ring (bicyclic) bond motifs is 1. The normalized spacial score (nSPS) is 16.5. The van der Waals surface area contributed by atoms with Crippen molar-refractivity contribution in [3.8, 4) is 0 Å². The topological polar surface area (TPSA) is 49.4 Å². The lowest BCUT2D eigenvalue weighted by Crippen LogP contribution is -2.31. The molecule has 1 aliphatic heterocycles. The fourth-order valence-electron chi connectivity index (χ4n) is 1.22. The van der Waals surface area contributed by atoms with E-state index in [2.05, 4.69) is 5.32 Å². The van der Waals surface area contributed by atoms with E-state index in [0.29, 0.717) is 10.6 Å². The van der Waals surface area contributed by atoms with Crippen LogP contribution in [0.1, 0.15) is 9.67 Å². The average Bonchev–Trinajstić information content (AvgIpc) is 2.47. The maximum Gasteiger partial charge on any atom is 0.266 e. The number of nitrogens with one attached hydrogen (secondary N) is 1. The highest BCUT2D eigenvalue weighted by molar-refractivity contribution is 7.12. The summed E-state index contributed by atoms with van der Waals surface area (Å²) in [4.78, 5) is 24.8. The van der Waals surface area contributed by atoms with Gasteiger partial charge in [-0.3, -0.25) is 9.59 Å². The Morgan fingerprint density at radius 3 is 3.08 bits per heavy atom. The van der Waals surface area contributed by atoms with Crippen molar-refractivity contribution in [1.29, 1.82) is 0 Å². The lowest BCUT2D eigenvalue weighted by atomic mass is 10.4. The molecule has 0 fully saturated rings. The molecule has 68 valence electrons. The molecule has 0 unspecified atom stereocenters. The summed E-state index contributed by atoms with van der Waals surface area (Å²) in [5.41, 5.74) is 0.629. The van der Waals surface area contributed by atoms with E-state index in [-0.39, 0.29) is 18.4 Å². The van der Waals surface area contributed by atoms with Crippen LogP contribution in [-0.2, 0) is 4.79 Å². The number of thiophene rings is 1. The molecule has 0 radical (unpaired) electrons. The molecule has 1 aromatic heterocycles. The first kappa shape index (κ1) is 8.25. The number of carbonyl (C=O) groups excluding carboxylic acids is 2. The Balaban J connectivity index is 2.47. The van der Waals surface area contributed by atoms with Gasteiger partial charge >= 0.3 is 0 Å². The van der Waals surface area contributed by atoms with Crippen LogP contribution in [0, 0.1) is 0 Å². The molecule has 0 saturated carbocycles. The van der Waals surface area contributed by atoms with Crippen molar-refractivity contribution in [3.05, 3.63) is 16.3 Å². The Hall–Kier alpha value is -1.36. The molecule has 0 spiro atoms. The first-order chi connectivity index (χ1) is 6.18. The van der Waals surface area contributed by atoms with Gasteiger partial charge in [0.2, 0.25) is 5.91 Å². The van der Waals surface area contributed by atoms with Crippen molar-refractivity contribution in [3.63, 3.8) is 0 Å². The summed E-state index contributed by atoms with van der Waals surface area (Å²) in [6.45, 7) is 0.125. The SMILES string of the molecule is CN1CC(=O)Nc2ccsc2C1=O. The molecule has 0 atom stereocenters. The van der Waals surface area contributed by atoms with E-state index in [1.807, 2.05) is 0 Å². The van der Waals surface area contributed by atoms with Crippen LogP contribution in [0.2, 0.25) is 0 Å². The van der Waals surface area contributed by atoms with Crippen LogP contribution in [-0.4, -0.2) is 30.3 Å². The lowest BCUT2D eigenvalue weighted by molar-refractivity contribution is -0.116. The van der Waals surface area contributed by atoms with E-state index in [0.717, 1.165) is 0 Å². The largest absolute Gasteiger partial charge is 0.332 e. The molecule has 4 nitrogen and oxygen atoms in total. The number of rotatable bonds is 0. The van der Waals surface area contributed by atoms with E-state index in [4.69, 9.17) is 0 Å². The number of anilines is 1. The summed E-state index contributed by atoms with van der Waals surface area (Å²) < 4.78 is 0. The summed E-state index contributed by atoms with van der Waals surface area (Å²) in [7, 11) is 1.62. The van der Waals surface area contributed by atoms with Gasteiger partial charge in [-0.15, -0.1) is 11.3 Å². The monoisotopic (exact) mass is 196 g/mol. The molecule has 1 N–H and O–H groups in total. The molecule has 1 aromatic rings. The number of amides is 2. The van der Waals surface area contributed by atoms with Crippen LogP contribution in [0.15, 0.2) is 11.4 Å².